The molecule has 43 heavy (non-hydrogen) atoms. The zero-order valence-electron chi connectivity index (χ0n) is 28.7. The molecule has 4 N–H and O–H groups in total. The van der Waals surface area contributed by atoms with Crippen LogP contribution in [0.2, 0.25) is 0 Å². The number of benzene rings is 2. The van der Waals surface area contributed by atoms with E-state index in [4.69, 9.17) is 15.9 Å². The third-order valence-corrected chi connectivity index (χ3v) is 6.94. The van der Waals surface area contributed by atoms with Crippen LogP contribution in [0, 0.1) is 25.2 Å². The van der Waals surface area contributed by atoms with Gasteiger partial charge in [0.15, 0.2) is 0 Å². The number of guanidine groups is 1. The van der Waals surface area contributed by atoms with E-state index < -0.39 is 0 Å². The third-order valence-electron chi connectivity index (χ3n) is 6.94. The zero-order valence-corrected chi connectivity index (χ0v) is 31.5. The average Bonchev–Trinajstić information content (AvgIpc) is 3.82. The molecule has 243 valence electrons. The summed E-state index contributed by atoms with van der Waals surface area (Å²) in [6, 6.07) is 19.2. The first kappa shape index (κ1) is 45.9. The van der Waals surface area contributed by atoms with Gasteiger partial charge in [-0.25, -0.2) is 0 Å². The first-order valence-corrected chi connectivity index (χ1v) is 16.4. The van der Waals surface area contributed by atoms with Crippen LogP contribution in [-0.2, 0) is 37.5 Å². The summed E-state index contributed by atoms with van der Waals surface area (Å²) >= 11 is 0. The minimum absolute atomic E-state index is 0. The molecule has 0 aromatic heterocycles. The maximum Gasteiger partial charge on any atom is 0.116 e. The van der Waals surface area contributed by atoms with Gasteiger partial charge in [0.2, 0.25) is 0 Å². The van der Waals surface area contributed by atoms with Crippen molar-refractivity contribution in [2.24, 2.45) is 11.7 Å². The molecule has 2 aromatic carbocycles. The Morgan fingerprint density at radius 3 is 1.72 bits per heavy atom. The maximum absolute atomic E-state index is 9.31. The molecule has 3 rings (SSSR count). The second-order valence-corrected chi connectivity index (χ2v) is 11.1. The van der Waals surface area contributed by atoms with E-state index in [-0.39, 0.29) is 44.8 Å². The van der Waals surface area contributed by atoms with Crippen molar-refractivity contribution in [1.82, 2.24) is 0 Å². The first-order chi connectivity index (χ1) is 20.2. The number of aliphatic hydroxyl groups is 1. The van der Waals surface area contributed by atoms with Crippen molar-refractivity contribution in [3.8, 4) is 0 Å². The predicted octanol–water partition coefficient (Wildman–Crippen LogP) is 10.3. The average molecular weight is 672 g/mol. The molecule has 1 aliphatic carbocycles. The fraction of sp³-hybridized carbons (Fsp3) is 0.622. The van der Waals surface area contributed by atoms with Crippen LogP contribution in [0.15, 0.2) is 54.6 Å². The number of carbonyl (C=O) groups is 1. The molecule has 0 bridgehead atoms. The SMILES string of the molecule is CC=O.CCCC(CC)CC[N-]C(=N)N.CCCCC(O)CCCC.Cc1ccc(C2CC2)cc1.Cc1ccccc1.[Y]. The monoisotopic (exact) mass is 671 g/mol. The summed E-state index contributed by atoms with van der Waals surface area (Å²) in [7, 11) is 0. The summed E-state index contributed by atoms with van der Waals surface area (Å²) in [5, 5.41) is 20.1. The van der Waals surface area contributed by atoms with Gasteiger partial charge in [0.1, 0.15) is 6.29 Å². The van der Waals surface area contributed by atoms with Gasteiger partial charge in [0.25, 0.3) is 0 Å². The standard InChI is InChI=1S/C10H12.C9H20N3.C9H20O.C7H8.C2H4O.Y/c1-8-2-4-9(5-3-8)10-6-7-10;1-3-5-8(4-2)6-7-12-9(10)11;1-3-5-7-9(10)8-6-4-2;1-7-5-3-2-4-6-7;1-2-3;/h2-5,10H,6-7H2,1H3;8H,3-7H2,1-2H3,(H3-,10,11,12);9-10H,3-8H2,1-2H3;2-6H,1H3;2H,1H3;/q;-1;;;;. The Morgan fingerprint density at radius 1 is 0.884 bits per heavy atom. The van der Waals surface area contributed by atoms with E-state index in [1.54, 1.807) is 0 Å². The van der Waals surface area contributed by atoms with Crippen molar-refractivity contribution in [3.05, 3.63) is 76.6 Å². The molecule has 1 aliphatic rings. The maximum atomic E-state index is 9.31. The predicted molar refractivity (Wildman–Crippen MR) is 185 cm³/mol. The third kappa shape index (κ3) is 33.2. The van der Waals surface area contributed by atoms with Gasteiger partial charge >= 0.3 is 0 Å². The van der Waals surface area contributed by atoms with Crippen LogP contribution < -0.4 is 5.73 Å². The quantitative estimate of drug-likeness (QED) is 0.112. The van der Waals surface area contributed by atoms with Gasteiger partial charge in [-0.15, -0.1) is 0 Å². The van der Waals surface area contributed by atoms with E-state index in [9.17, 15) is 5.11 Å². The van der Waals surface area contributed by atoms with E-state index in [2.05, 4.69) is 83.3 Å². The number of unbranched alkanes of at least 4 members (excludes halogenated alkanes) is 2. The number of aldehydes is 1. The molecule has 6 heteroatoms. The molecule has 0 heterocycles. The van der Waals surface area contributed by atoms with Crippen LogP contribution in [0.4, 0.5) is 0 Å². The van der Waals surface area contributed by atoms with Gasteiger partial charge < -0.3 is 26.4 Å². The number of nitrogens with one attached hydrogen (secondary N) is 1. The molecule has 1 radical (unpaired) electrons. The summed E-state index contributed by atoms with van der Waals surface area (Å²) in [5.74, 6) is 1.63. The Labute approximate surface area is 291 Å². The first-order valence-electron chi connectivity index (χ1n) is 16.4. The van der Waals surface area contributed by atoms with Gasteiger partial charge in [-0.1, -0.05) is 138 Å². The molecule has 1 fully saturated rings. The van der Waals surface area contributed by atoms with Crippen molar-refractivity contribution in [1.29, 1.82) is 5.41 Å². The van der Waals surface area contributed by atoms with Crippen LogP contribution in [0.1, 0.15) is 134 Å². The zero-order chi connectivity index (χ0) is 32.0. The summed E-state index contributed by atoms with van der Waals surface area (Å²) in [6.07, 6.45) is 15.1. The fourth-order valence-corrected chi connectivity index (χ4v) is 4.14. The Balaban J connectivity index is -0.000000482. The largest absolute Gasteiger partial charge is 0.454 e. The topological polar surface area (TPSA) is 101 Å². The van der Waals surface area contributed by atoms with Gasteiger partial charge in [-0.2, -0.15) is 0 Å². The van der Waals surface area contributed by atoms with Gasteiger partial charge in [0.05, 0.1) is 6.10 Å². The van der Waals surface area contributed by atoms with Crippen molar-refractivity contribution in [3.63, 3.8) is 0 Å². The number of hydrogen-bond donors (Lipinski definition) is 3. The van der Waals surface area contributed by atoms with Gasteiger partial charge in [0, 0.05) is 32.7 Å². The molecular formula is C37H64N3O2Y-. The van der Waals surface area contributed by atoms with Crippen molar-refractivity contribution < 1.29 is 42.6 Å². The molecular weight excluding hydrogens is 607 g/mol. The fourth-order valence-electron chi connectivity index (χ4n) is 4.14. The summed E-state index contributed by atoms with van der Waals surface area (Å²) in [6.45, 7) is 15.1. The molecule has 1 unspecified atom stereocenters. The normalized spacial score (nSPS) is 11.7. The van der Waals surface area contributed by atoms with E-state index in [0.717, 1.165) is 37.4 Å². The van der Waals surface area contributed by atoms with Gasteiger partial charge in [-0.05, 0) is 82.8 Å². The van der Waals surface area contributed by atoms with Gasteiger partial charge in [-0.3, -0.25) is 0 Å². The Bertz CT molecular complexity index is 850. The summed E-state index contributed by atoms with van der Waals surface area (Å²) in [5.41, 5.74) is 9.33. The molecule has 0 aliphatic heterocycles. The Morgan fingerprint density at radius 2 is 1.37 bits per heavy atom. The van der Waals surface area contributed by atoms with Crippen LogP contribution in [-0.4, -0.2) is 30.0 Å². The Hall–Kier alpha value is -1.56. The summed E-state index contributed by atoms with van der Waals surface area (Å²) in [4.78, 5) is 8.81. The summed E-state index contributed by atoms with van der Waals surface area (Å²) < 4.78 is 0. The Kier molecular flexibility index (Phi) is 35.6. The molecule has 1 saturated carbocycles. The number of nitrogens with two attached hydrogens (primary N) is 1. The molecule has 0 amide bonds. The molecule has 5 nitrogen and oxygen atoms in total. The minimum Gasteiger partial charge on any atom is -0.454 e. The van der Waals surface area contributed by atoms with E-state index in [0.29, 0.717) is 6.54 Å². The van der Waals surface area contributed by atoms with Crippen molar-refractivity contribution in [2.75, 3.05) is 6.54 Å². The van der Waals surface area contributed by atoms with Crippen LogP contribution in [0.5, 0.6) is 0 Å². The number of carbonyl (C=O) groups excluding carboxylic acids is 1. The smallest absolute Gasteiger partial charge is 0.116 e. The minimum atomic E-state index is -0.0404. The molecule has 2 aromatic rings. The number of nitrogens with zero attached hydrogens (tertiary/aromatic N) is 1. The van der Waals surface area contributed by atoms with Crippen molar-refractivity contribution in [2.45, 2.75) is 138 Å². The second-order valence-electron chi connectivity index (χ2n) is 11.1. The number of aryl methyl sites for hydroxylation is 2. The molecule has 1 atom stereocenters. The van der Waals surface area contributed by atoms with E-state index in [1.807, 2.05) is 18.2 Å². The number of rotatable bonds is 13. The molecule has 0 saturated heterocycles. The number of aliphatic hydroxyl groups excluding tert-OH is 1. The second kappa shape index (κ2) is 33.3. The van der Waals surface area contributed by atoms with E-state index in [1.165, 1.54) is 81.4 Å². The van der Waals surface area contributed by atoms with Crippen LogP contribution in [0.25, 0.3) is 5.32 Å². The van der Waals surface area contributed by atoms with Crippen LogP contribution in [0.3, 0.4) is 0 Å². The molecule has 0 spiro atoms. The van der Waals surface area contributed by atoms with Crippen LogP contribution >= 0.6 is 0 Å². The van der Waals surface area contributed by atoms with Crippen molar-refractivity contribution >= 4 is 12.2 Å². The van der Waals surface area contributed by atoms with E-state index >= 15 is 0 Å². The number of hydrogen-bond acceptors (Lipinski definition) is 3.